The van der Waals surface area contributed by atoms with E-state index < -0.39 is 0 Å². The number of rotatable bonds is 6. The molecule has 0 aliphatic carbocycles. The molecule has 1 aromatic carbocycles. The summed E-state index contributed by atoms with van der Waals surface area (Å²) in [6.07, 6.45) is 0. The van der Waals surface area contributed by atoms with E-state index in [1.165, 1.54) is 0 Å². The minimum absolute atomic E-state index is 0.0790. The second-order valence-corrected chi connectivity index (χ2v) is 4.65. The maximum atomic E-state index is 12.1. The standard InChI is InChI=1S/C14H22N2O3/c1-9(2)11(8-15)14(17)16-10-5-6-12(18-3)13(7-10)19-4/h5-7,9,11H,8,15H2,1-4H3,(H,16,17). The van der Waals surface area contributed by atoms with Gasteiger partial charge in [-0.2, -0.15) is 0 Å². The maximum Gasteiger partial charge on any atom is 0.229 e. The van der Waals surface area contributed by atoms with Crippen molar-refractivity contribution in [1.29, 1.82) is 0 Å². The first kappa shape index (κ1) is 15.3. The van der Waals surface area contributed by atoms with Crippen LogP contribution in [0, 0.1) is 11.8 Å². The number of benzene rings is 1. The summed E-state index contributed by atoms with van der Waals surface area (Å²) in [5.41, 5.74) is 6.29. The highest BCUT2D eigenvalue weighted by atomic mass is 16.5. The molecule has 5 nitrogen and oxygen atoms in total. The molecule has 106 valence electrons. The van der Waals surface area contributed by atoms with Crippen molar-refractivity contribution in [2.45, 2.75) is 13.8 Å². The fraction of sp³-hybridized carbons (Fsp3) is 0.500. The van der Waals surface area contributed by atoms with E-state index in [1.807, 2.05) is 13.8 Å². The highest BCUT2D eigenvalue weighted by Crippen LogP contribution is 2.30. The normalized spacial score (nSPS) is 12.1. The van der Waals surface area contributed by atoms with Crippen molar-refractivity contribution in [1.82, 2.24) is 0 Å². The van der Waals surface area contributed by atoms with Gasteiger partial charge in [0.1, 0.15) is 0 Å². The molecule has 1 atom stereocenters. The van der Waals surface area contributed by atoms with Crippen LogP contribution < -0.4 is 20.5 Å². The van der Waals surface area contributed by atoms with Crippen LogP contribution in [0.1, 0.15) is 13.8 Å². The van der Waals surface area contributed by atoms with Gasteiger partial charge in [0, 0.05) is 18.3 Å². The summed E-state index contributed by atoms with van der Waals surface area (Å²) in [4.78, 5) is 12.1. The molecule has 19 heavy (non-hydrogen) atoms. The Morgan fingerprint density at radius 1 is 1.26 bits per heavy atom. The third kappa shape index (κ3) is 3.86. The van der Waals surface area contributed by atoms with Crippen LogP contribution in [0.3, 0.4) is 0 Å². The van der Waals surface area contributed by atoms with Crippen LogP contribution in [0.25, 0.3) is 0 Å². The molecule has 1 aromatic rings. The van der Waals surface area contributed by atoms with Crippen molar-refractivity contribution in [2.75, 3.05) is 26.1 Å². The van der Waals surface area contributed by atoms with E-state index in [9.17, 15) is 4.79 Å². The number of ether oxygens (including phenoxy) is 2. The van der Waals surface area contributed by atoms with Crippen LogP contribution in [0.2, 0.25) is 0 Å². The van der Waals surface area contributed by atoms with Gasteiger partial charge in [-0.05, 0) is 18.1 Å². The fourth-order valence-corrected chi connectivity index (χ4v) is 1.83. The number of carbonyl (C=O) groups is 1. The summed E-state index contributed by atoms with van der Waals surface area (Å²) in [6, 6.07) is 5.25. The molecule has 3 N–H and O–H groups in total. The van der Waals surface area contributed by atoms with E-state index in [-0.39, 0.29) is 17.7 Å². The smallest absolute Gasteiger partial charge is 0.229 e. The Labute approximate surface area is 114 Å². The Hall–Kier alpha value is -1.75. The number of nitrogens with one attached hydrogen (secondary N) is 1. The average Bonchev–Trinajstić information content (AvgIpc) is 2.38. The van der Waals surface area contributed by atoms with Gasteiger partial charge in [-0.25, -0.2) is 0 Å². The van der Waals surface area contributed by atoms with Crippen LogP contribution in [0.15, 0.2) is 18.2 Å². The number of amides is 1. The van der Waals surface area contributed by atoms with Gasteiger partial charge in [-0.3, -0.25) is 4.79 Å². The van der Waals surface area contributed by atoms with Crippen molar-refractivity contribution in [3.8, 4) is 11.5 Å². The van der Waals surface area contributed by atoms with Gasteiger partial charge in [0.15, 0.2) is 11.5 Å². The minimum Gasteiger partial charge on any atom is -0.493 e. The SMILES string of the molecule is COc1ccc(NC(=O)C(CN)C(C)C)cc1OC. The number of nitrogens with two attached hydrogens (primary N) is 1. The average molecular weight is 266 g/mol. The lowest BCUT2D eigenvalue weighted by atomic mass is 9.95. The van der Waals surface area contributed by atoms with Crippen molar-refractivity contribution in [3.63, 3.8) is 0 Å². The summed E-state index contributed by atoms with van der Waals surface area (Å²) in [5.74, 6) is 1.12. The molecule has 1 unspecified atom stereocenters. The molecule has 0 spiro atoms. The zero-order valence-electron chi connectivity index (χ0n) is 11.9. The fourth-order valence-electron chi connectivity index (χ4n) is 1.83. The van der Waals surface area contributed by atoms with Crippen molar-refractivity contribution < 1.29 is 14.3 Å². The monoisotopic (exact) mass is 266 g/mol. The Balaban J connectivity index is 2.85. The molecule has 0 aromatic heterocycles. The highest BCUT2D eigenvalue weighted by Gasteiger charge is 2.20. The zero-order chi connectivity index (χ0) is 14.4. The van der Waals surface area contributed by atoms with Crippen LogP contribution in [-0.4, -0.2) is 26.7 Å². The lowest BCUT2D eigenvalue weighted by molar-refractivity contribution is -0.120. The third-order valence-corrected chi connectivity index (χ3v) is 3.05. The lowest BCUT2D eigenvalue weighted by Crippen LogP contribution is -2.33. The lowest BCUT2D eigenvalue weighted by Gasteiger charge is -2.18. The number of carbonyl (C=O) groups excluding carboxylic acids is 1. The van der Waals surface area contributed by atoms with E-state index in [4.69, 9.17) is 15.2 Å². The van der Waals surface area contributed by atoms with Crippen LogP contribution in [0.5, 0.6) is 11.5 Å². The maximum absolute atomic E-state index is 12.1. The van der Waals surface area contributed by atoms with Crippen molar-refractivity contribution in [3.05, 3.63) is 18.2 Å². The minimum atomic E-state index is -0.201. The zero-order valence-corrected chi connectivity index (χ0v) is 11.9. The molecule has 0 saturated carbocycles. The molecule has 0 heterocycles. The molecule has 1 rings (SSSR count). The van der Waals surface area contributed by atoms with Crippen LogP contribution in [0.4, 0.5) is 5.69 Å². The number of anilines is 1. The van der Waals surface area contributed by atoms with E-state index in [0.717, 1.165) is 0 Å². The first-order chi connectivity index (χ1) is 9.03. The predicted octanol–water partition coefficient (Wildman–Crippen LogP) is 1.87. The quantitative estimate of drug-likeness (QED) is 0.824. The summed E-state index contributed by atoms with van der Waals surface area (Å²) >= 11 is 0. The van der Waals surface area contributed by atoms with E-state index in [2.05, 4.69) is 5.32 Å². The van der Waals surface area contributed by atoms with E-state index in [0.29, 0.717) is 23.7 Å². The summed E-state index contributed by atoms with van der Waals surface area (Å²) in [6.45, 7) is 4.29. The van der Waals surface area contributed by atoms with Gasteiger partial charge in [0.25, 0.3) is 0 Å². The molecular formula is C14H22N2O3. The predicted molar refractivity (Wildman–Crippen MR) is 75.6 cm³/mol. The molecule has 5 heteroatoms. The Morgan fingerprint density at radius 2 is 1.89 bits per heavy atom. The molecule has 0 aliphatic rings. The second kappa shape index (κ2) is 6.99. The first-order valence-electron chi connectivity index (χ1n) is 6.26. The largest absolute Gasteiger partial charge is 0.493 e. The van der Waals surface area contributed by atoms with Gasteiger partial charge in [-0.1, -0.05) is 13.8 Å². The first-order valence-corrected chi connectivity index (χ1v) is 6.26. The molecule has 0 aliphatic heterocycles. The van der Waals surface area contributed by atoms with Gasteiger partial charge in [0.05, 0.1) is 20.1 Å². The van der Waals surface area contributed by atoms with Crippen LogP contribution in [-0.2, 0) is 4.79 Å². The van der Waals surface area contributed by atoms with Crippen molar-refractivity contribution >= 4 is 11.6 Å². The number of methoxy groups -OCH3 is 2. The Bertz CT molecular complexity index is 433. The topological polar surface area (TPSA) is 73.6 Å². The Kier molecular flexibility index (Phi) is 5.63. The number of hydrogen-bond acceptors (Lipinski definition) is 4. The molecule has 0 saturated heterocycles. The van der Waals surface area contributed by atoms with Crippen molar-refractivity contribution in [2.24, 2.45) is 17.6 Å². The van der Waals surface area contributed by atoms with Gasteiger partial charge in [0.2, 0.25) is 5.91 Å². The summed E-state index contributed by atoms with van der Waals surface area (Å²) < 4.78 is 10.3. The van der Waals surface area contributed by atoms with E-state index in [1.54, 1.807) is 32.4 Å². The van der Waals surface area contributed by atoms with Gasteiger partial charge < -0.3 is 20.5 Å². The molecule has 1 amide bonds. The Morgan fingerprint density at radius 3 is 2.37 bits per heavy atom. The highest BCUT2D eigenvalue weighted by molar-refractivity contribution is 5.93. The summed E-state index contributed by atoms with van der Waals surface area (Å²) in [7, 11) is 3.12. The second-order valence-electron chi connectivity index (χ2n) is 4.65. The number of hydrogen-bond donors (Lipinski definition) is 2. The molecule has 0 bridgehead atoms. The van der Waals surface area contributed by atoms with Crippen LogP contribution >= 0.6 is 0 Å². The molecule has 0 fully saturated rings. The van der Waals surface area contributed by atoms with Gasteiger partial charge in [-0.15, -0.1) is 0 Å². The summed E-state index contributed by atoms with van der Waals surface area (Å²) in [5, 5.41) is 2.85. The molecular weight excluding hydrogens is 244 g/mol. The van der Waals surface area contributed by atoms with Gasteiger partial charge >= 0.3 is 0 Å². The third-order valence-electron chi connectivity index (χ3n) is 3.05. The molecule has 0 radical (unpaired) electrons. The van der Waals surface area contributed by atoms with E-state index >= 15 is 0 Å².